The zero-order valence-electron chi connectivity index (χ0n) is 17.2. The fourth-order valence-corrected chi connectivity index (χ4v) is 3.57. The van der Waals surface area contributed by atoms with E-state index >= 15 is 0 Å². The minimum absolute atomic E-state index is 0.310. The third kappa shape index (κ3) is 5.83. The molecule has 0 saturated carbocycles. The van der Waals surface area contributed by atoms with Gasteiger partial charge in [0.1, 0.15) is 5.75 Å². The average Bonchev–Trinajstić information content (AvgIpc) is 2.70. The highest BCUT2D eigenvalue weighted by Crippen LogP contribution is 2.31. The molecule has 0 atom stereocenters. The molecule has 1 saturated heterocycles. The first-order valence-corrected chi connectivity index (χ1v) is 10.2. The largest absolute Gasteiger partial charge is 0.478 e. The lowest BCUT2D eigenvalue weighted by Gasteiger charge is -2.36. The number of rotatable bonds is 6. The second kappa shape index (κ2) is 8.96. The Morgan fingerprint density at radius 2 is 1.68 bits per heavy atom. The summed E-state index contributed by atoms with van der Waals surface area (Å²) < 4.78 is 43.7. The van der Waals surface area contributed by atoms with E-state index in [1.807, 2.05) is 6.07 Å². The summed E-state index contributed by atoms with van der Waals surface area (Å²) in [5, 5.41) is 9.53. The number of hydrogen-bond donors (Lipinski definition) is 1. The molecule has 1 aliphatic heterocycles. The molecule has 1 aliphatic rings. The molecule has 3 rings (SSSR count). The average molecular weight is 457 g/mol. The molecule has 168 valence electrons. The first kappa shape index (κ1) is 23.2. The maximum absolute atomic E-state index is 12.7. The van der Waals surface area contributed by atoms with Crippen molar-refractivity contribution in [3.05, 3.63) is 58.6 Å². The fourth-order valence-electron chi connectivity index (χ4n) is 3.33. The SMILES string of the molecule is CC(C)(Oc1ccc(CN2CCN(c3ccc(C(F)(F)F)cc3)CC2)cc1Cl)C(=O)O. The number of anilines is 1. The molecule has 9 heteroatoms. The molecule has 2 aromatic rings. The van der Waals surface area contributed by atoms with Gasteiger partial charge in [0.05, 0.1) is 10.6 Å². The van der Waals surface area contributed by atoms with E-state index in [0.29, 0.717) is 30.4 Å². The van der Waals surface area contributed by atoms with Crippen molar-refractivity contribution in [2.75, 3.05) is 31.1 Å². The topological polar surface area (TPSA) is 53.0 Å². The Morgan fingerprint density at radius 3 is 2.19 bits per heavy atom. The predicted octanol–water partition coefficient (Wildman–Crippen LogP) is 4.92. The summed E-state index contributed by atoms with van der Waals surface area (Å²) >= 11 is 6.28. The van der Waals surface area contributed by atoms with Gasteiger partial charge in [0.15, 0.2) is 5.60 Å². The van der Waals surface area contributed by atoms with Crippen LogP contribution in [0.3, 0.4) is 0 Å². The van der Waals surface area contributed by atoms with Crippen LogP contribution >= 0.6 is 11.6 Å². The third-order valence-electron chi connectivity index (χ3n) is 5.21. The quantitative estimate of drug-likeness (QED) is 0.668. The molecule has 0 aromatic heterocycles. The number of ether oxygens (including phenoxy) is 1. The van der Waals surface area contributed by atoms with Gasteiger partial charge in [0.25, 0.3) is 0 Å². The first-order chi connectivity index (χ1) is 14.5. The molecule has 0 bridgehead atoms. The van der Waals surface area contributed by atoms with E-state index in [2.05, 4.69) is 9.80 Å². The molecule has 5 nitrogen and oxygen atoms in total. The Morgan fingerprint density at radius 1 is 1.06 bits per heavy atom. The van der Waals surface area contributed by atoms with Crippen LogP contribution in [0.15, 0.2) is 42.5 Å². The number of halogens is 4. The molecule has 0 unspecified atom stereocenters. The molecule has 31 heavy (non-hydrogen) atoms. The lowest BCUT2D eigenvalue weighted by atomic mass is 10.1. The van der Waals surface area contributed by atoms with Crippen LogP contribution in [-0.4, -0.2) is 47.8 Å². The van der Waals surface area contributed by atoms with Crippen molar-refractivity contribution in [2.24, 2.45) is 0 Å². The maximum atomic E-state index is 12.7. The summed E-state index contributed by atoms with van der Waals surface area (Å²) in [5.74, 6) is -0.775. The molecule has 0 radical (unpaired) electrons. The number of aliphatic carboxylic acids is 1. The van der Waals surface area contributed by atoms with Crippen LogP contribution in [0.1, 0.15) is 25.0 Å². The van der Waals surface area contributed by atoms with E-state index in [1.165, 1.54) is 26.0 Å². The van der Waals surface area contributed by atoms with Crippen LogP contribution in [0.5, 0.6) is 5.75 Å². The monoisotopic (exact) mass is 456 g/mol. The van der Waals surface area contributed by atoms with E-state index in [1.54, 1.807) is 12.1 Å². The number of piperazine rings is 1. The van der Waals surface area contributed by atoms with E-state index in [-0.39, 0.29) is 0 Å². The van der Waals surface area contributed by atoms with Gasteiger partial charge in [-0.2, -0.15) is 13.2 Å². The number of carbonyl (C=O) groups is 1. The zero-order chi connectivity index (χ0) is 22.8. The van der Waals surface area contributed by atoms with Crippen LogP contribution in [-0.2, 0) is 17.5 Å². The van der Waals surface area contributed by atoms with Crippen molar-refractivity contribution in [1.29, 1.82) is 0 Å². The van der Waals surface area contributed by atoms with Crippen LogP contribution in [0, 0.1) is 0 Å². The van der Waals surface area contributed by atoms with E-state index in [9.17, 15) is 23.1 Å². The minimum Gasteiger partial charge on any atom is -0.478 e. The molecule has 2 aromatic carbocycles. The molecule has 1 N–H and O–H groups in total. The van der Waals surface area contributed by atoms with Crippen molar-refractivity contribution in [2.45, 2.75) is 32.2 Å². The first-order valence-electron chi connectivity index (χ1n) is 9.81. The van der Waals surface area contributed by atoms with Crippen molar-refractivity contribution in [3.8, 4) is 5.75 Å². The van der Waals surface area contributed by atoms with Gasteiger partial charge in [-0.25, -0.2) is 4.79 Å². The zero-order valence-corrected chi connectivity index (χ0v) is 18.0. The molecule has 0 spiro atoms. The standard InChI is InChI=1S/C22H24ClF3N2O3/c1-21(2,20(29)30)31-19-8-3-15(13-18(19)23)14-27-9-11-28(12-10-27)17-6-4-16(5-7-17)22(24,25)26/h3-8,13H,9-12,14H2,1-2H3,(H,29,30). The second-order valence-corrected chi connectivity index (χ2v) is 8.40. The van der Waals surface area contributed by atoms with Crippen molar-refractivity contribution < 1.29 is 27.8 Å². The highest BCUT2D eigenvalue weighted by atomic mass is 35.5. The van der Waals surface area contributed by atoms with Crippen LogP contribution in [0.4, 0.5) is 18.9 Å². The Kier molecular flexibility index (Phi) is 6.71. The summed E-state index contributed by atoms with van der Waals surface area (Å²) in [7, 11) is 0. The van der Waals surface area contributed by atoms with Gasteiger partial charge >= 0.3 is 12.1 Å². The normalized spacial score (nSPS) is 15.7. The summed E-state index contributed by atoms with van der Waals surface area (Å²) in [6.45, 7) is 6.47. The van der Waals surface area contributed by atoms with E-state index in [4.69, 9.17) is 16.3 Å². The highest BCUT2D eigenvalue weighted by molar-refractivity contribution is 6.32. The Labute approximate surface area is 184 Å². The van der Waals surface area contributed by atoms with E-state index < -0.39 is 23.3 Å². The van der Waals surface area contributed by atoms with Gasteiger partial charge in [-0.1, -0.05) is 17.7 Å². The van der Waals surface area contributed by atoms with Crippen molar-refractivity contribution in [1.82, 2.24) is 4.90 Å². The van der Waals surface area contributed by atoms with Gasteiger partial charge in [-0.15, -0.1) is 0 Å². The second-order valence-electron chi connectivity index (χ2n) is 7.99. The highest BCUT2D eigenvalue weighted by Gasteiger charge is 2.31. The van der Waals surface area contributed by atoms with Crippen LogP contribution in [0.25, 0.3) is 0 Å². The van der Waals surface area contributed by atoms with E-state index in [0.717, 1.165) is 36.5 Å². The lowest BCUT2D eigenvalue weighted by Crippen LogP contribution is -2.46. The maximum Gasteiger partial charge on any atom is 0.416 e. The summed E-state index contributed by atoms with van der Waals surface area (Å²) in [6.07, 6.45) is -4.33. The molecule has 0 amide bonds. The van der Waals surface area contributed by atoms with Crippen LogP contribution in [0.2, 0.25) is 5.02 Å². The number of carboxylic acids is 1. The molecule has 1 heterocycles. The van der Waals surface area contributed by atoms with Crippen LogP contribution < -0.4 is 9.64 Å². The Balaban J connectivity index is 1.56. The third-order valence-corrected chi connectivity index (χ3v) is 5.51. The predicted molar refractivity (Wildman–Crippen MR) is 113 cm³/mol. The van der Waals surface area contributed by atoms with Crippen molar-refractivity contribution >= 4 is 23.3 Å². The molecule has 0 aliphatic carbocycles. The number of benzene rings is 2. The number of hydrogen-bond acceptors (Lipinski definition) is 4. The van der Waals surface area contributed by atoms with Gasteiger partial charge in [0, 0.05) is 38.4 Å². The van der Waals surface area contributed by atoms with Gasteiger partial charge < -0.3 is 14.7 Å². The summed E-state index contributed by atoms with van der Waals surface area (Å²) in [5.41, 5.74) is -0.294. The Bertz CT molecular complexity index is 925. The molecule has 1 fully saturated rings. The lowest BCUT2D eigenvalue weighted by molar-refractivity contribution is -0.152. The Hall–Kier alpha value is -2.45. The van der Waals surface area contributed by atoms with Crippen molar-refractivity contribution in [3.63, 3.8) is 0 Å². The number of alkyl halides is 3. The number of carboxylic acid groups (broad SMARTS) is 1. The minimum atomic E-state index is -4.33. The van der Waals surface area contributed by atoms with Gasteiger partial charge in [-0.3, -0.25) is 4.90 Å². The fraction of sp³-hybridized carbons (Fsp3) is 0.409. The molecular formula is C22H24ClF3N2O3. The smallest absolute Gasteiger partial charge is 0.416 e. The molecular weight excluding hydrogens is 433 g/mol. The van der Waals surface area contributed by atoms with Gasteiger partial charge in [-0.05, 0) is 55.8 Å². The summed E-state index contributed by atoms with van der Waals surface area (Å²) in [4.78, 5) is 15.5. The van der Waals surface area contributed by atoms with Gasteiger partial charge in [0.2, 0.25) is 0 Å². The summed E-state index contributed by atoms with van der Waals surface area (Å²) in [6, 6.07) is 10.5. The number of nitrogens with zero attached hydrogens (tertiary/aromatic N) is 2.